The summed E-state index contributed by atoms with van der Waals surface area (Å²) in [5, 5.41) is 3.18. The Balaban J connectivity index is 1.48. The van der Waals surface area contributed by atoms with Gasteiger partial charge < -0.3 is 15.1 Å². The first kappa shape index (κ1) is 14.3. The summed E-state index contributed by atoms with van der Waals surface area (Å²) in [6, 6.07) is 0.585. The Morgan fingerprint density at radius 3 is 2.55 bits per heavy atom. The van der Waals surface area contributed by atoms with Crippen LogP contribution in [0.15, 0.2) is 0 Å². The molecule has 4 nitrogen and oxygen atoms in total. The molecule has 0 aromatic carbocycles. The van der Waals surface area contributed by atoms with Crippen LogP contribution in [-0.2, 0) is 4.79 Å². The van der Waals surface area contributed by atoms with Gasteiger partial charge in [-0.2, -0.15) is 0 Å². The third kappa shape index (κ3) is 3.73. The van der Waals surface area contributed by atoms with E-state index in [4.69, 9.17) is 0 Å². The Morgan fingerprint density at radius 2 is 1.95 bits per heavy atom. The zero-order chi connectivity index (χ0) is 14.1. The second-order valence-corrected chi connectivity index (χ2v) is 7.30. The fraction of sp³-hybridized carbons (Fsp3) is 0.938. The molecule has 3 rings (SSSR count). The molecule has 2 saturated carbocycles. The van der Waals surface area contributed by atoms with Gasteiger partial charge in [0.15, 0.2) is 0 Å². The molecule has 3 aliphatic rings. The van der Waals surface area contributed by atoms with Crippen LogP contribution in [0.4, 0.5) is 0 Å². The first-order chi connectivity index (χ1) is 9.63. The fourth-order valence-corrected chi connectivity index (χ4v) is 3.42. The van der Waals surface area contributed by atoms with E-state index in [0.717, 1.165) is 25.3 Å². The second kappa shape index (κ2) is 6.02. The molecule has 20 heavy (non-hydrogen) atoms. The summed E-state index contributed by atoms with van der Waals surface area (Å²) < 4.78 is 0. The topological polar surface area (TPSA) is 35.6 Å². The van der Waals surface area contributed by atoms with Gasteiger partial charge in [-0.05, 0) is 64.6 Å². The predicted octanol–water partition coefficient (Wildman–Crippen LogP) is 1.17. The summed E-state index contributed by atoms with van der Waals surface area (Å²) in [5.74, 6) is 2.22. The van der Waals surface area contributed by atoms with Crippen LogP contribution >= 0.6 is 0 Å². The largest absolute Gasteiger partial charge is 0.356 e. The molecule has 1 saturated heterocycles. The van der Waals surface area contributed by atoms with Gasteiger partial charge >= 0.3 is 0 Å². The summed E-state index contributed by atoms with van der Waals surface area (Å²) in [4.78, 5) is 16.8. The van der Waals surface area contributed by atoms with Crippen molar-refractivity contribution in [3.05, 3.63) is 0 Å². The number of amides is 1. The number of hydrogen-bond acceptors (Lipinski definition) is 3. The van der Waals surface area contributed by atoms with Crippen molar-refractivity contribution in [1.82, 2.24) is 15.1 Å². The summed E-state index contributed by atoms with van der Waals surface area (Å²) in [7, 11) is 4.36. The smallest absolute Gasteiger partial charge is 0.223 e. The molecule has 3 fully saturated rings. The molecular formula is C16H29N3O. The lowest BCUT2D eigenvalue weighted by molar-refractivity contribution is -0.122. The Kier molecular flexibility index (Phi) is 4.32. The Bertz CT molecular complexity index is 350. The minimum atomic E-state index is 0.294. The number of piperidine rings is 1. The van der Waals surface area contributed by atoms with E-state index in [1.54, 1.807) is 0 Å². The number of carbonyl (C=O) groups is 1. The van der Waals surface area contributed by atoms with Gasteiger partial charge in [0.05, 0.1) is 0 Å². The van der Waals surface area contributed by atoms with Crippen LogP contribution in [0.25, 0.3) is 0 Å². The lowest BCUT2D eigenvalue weighted by Gasteiger charge is -2.42. The quantitative estimate of drug-likeness (QED) is 0.793. The van der Waals surface area contributed by atoms with Crippen LogP contribution in [-0.4, -0.2) is 62.0 Å². The van der Waals surface area contributed by atoms with Gasteiger partial charge in [-0.15, -0.1) is 0 Å². The van der Waals surface area contributed by atoms with E-state index in [0.29, 0.717) is 23.8 Å². The van der Waals surface area contributed by atoms with Crippen molar-refractivity contribution in [3.63, 3.8) is 0 Å². The molecule has 0 spiro atoms. The molecule has 0 aromatic rings. The predicted molar refractivity (Wildman–Crippen MR) is 80.5 cm³/mol. The average Bonchev–Trinajstić information content (AvgIpc) is 3.28. The number of hydrogen-bond donors (Lipinski definition) is 1. The standard InChI is InChI=1S/C16H29N3O/c1-18(2)15-11-19(10-12-3-4-12)8-7-14(15)9-17-16(20)13-5-6-13/h12-15H,3-11H2,1-2H3,(H,17,20)/t14-,15-/m1/s1. The third-order valence-electron chi connectivity index (χ3n) is 5.17. The monoisotopic (exact) mass is 279 g/mol. The molecule has 0 radical (unpaired) electrons. The maximum Gasteiger partial charge on any atom is 0.223 e. The summed E-state index contributed by atoms with van der Waals surface area (Å²) in [6.07, 6.45) is 6.29. The molecule has 1 amide bonds. The highest BCUT2D eigenvalue weighted by Gasteiger charge is 2.35. The van der Waals surface area contributed by atoms with Crippen molar-refractivity contribution in [1.29, 1.82) is 0 Å². The van der Waals surface area contributed by atoms with Gasteiger partial charge in [0.1, 0.15) is 0 Å². The lowest BCUT2D eigenvalue weighted by atomic mass is 9.90. The van der Waals surface area contributed by atoms with Gasteiger partial charge in [-0.3, -0.25) is 4.79 Å². The van der Waals surface area contributed by atoms with Crippen LogP contribution in [0, 0.1) is 17.8 Å². The van der Waals surface area contributed by atoms with Crippen molar-refractivity contribution >= 4 is 5.91 Å². The maximum atomic E-state index is 11.8. The zero-order valence-electron chi connectivity index (χ0n) is 13.0. The molecular weight excluding hydrogens is 250 g/mol. The molecule has 1 heterocycles. The van der Waals surface area contributed by atoms with Crippen LogP contribution in [0.1, 0.15) is 32.1 Å². The van der Waals surface area contributed by atoms with Gasteiger partial charge in [0, 0.05) is 31.6 Å². The van der Waals surface area contributed by atoms with E-state index in [1.165, 1.54) is 38.9 Å². The van der Waals surface area contributed by atoms with Crippen molar-refractivity contribution in [2.24, 2.45) is 17.8 Å². The SMILES string of the molecule is CN(C)[C@@H]1CN(CC2CC2)CC[C@@H]1CNC(=O)C1CC1. The highest BCUT2D eigenvalue weighted by Crippen LogP contribution is 2.32. The summed E-state index contributed by atoms with van der Waals surface area (Å²) >= 11 is 0. The number of likely N-dealkylation sites (N-methyl/N-ethyl adjacent to an activating group) is 1. The van der Waals surface area contributed by atoms with Gasteiger partial charge in [0.25, 0.3) is 0 Å². The second-order valence-electron chi connectivity index (χ2n) is 7.30. The van der Waals surface area contributed by atoms with Gasteiger partial charge in [0.2, 0.25) is 5.91 Å². The van der Waals surface area contributed by atoms with Crippen LogP contribution < -0.4 is 5.32 Å². The van der Waals surface area contributed by atoms with Crippen molar-refractivity contribution < 1.29 is 4.79 Å². The van der Waals surface area contributed by atoms with E-state index < -0.39 is 0 Å². The number of nitrogens with one attached hydrogen (secondary N) is 1. The minimum absolute atomic E-state index is 0.294. The van der Waals surface area contributed by atoms with E-state index in [2.05, 4.69) is 29.2 Å². The Labute approximate surface area is 122 Å². The maximum absolute atomic E-state index is 11.8. The van der Waals surface area contributed by atoms with Gasteiger partial charge in [-0.25, -0.2) is 0 Å². The van der Waals surface area contributed by atoms with Crippen LogP contribution in [0.5, 0.6) is 0 Å². The molecule has 1 aliphatic heterocycles. The minimum Gasteiger partial charge on any atom is -0.356 e. The highest BCUT2D eigenvalue weighted by molar-refractivity contribution is 5.80. The number of likely N-dealkylation sites (tertiary alicyclic amines) is 1. The molecule has 4 heteroatoms. The Hall–Kier alpha value is -0.610. The molecule has 1 N–H and O–H groups in total. The molecule has 0 bridgehead atoms. The molecule has 2 atom stereocenters. The molecule has 0 aromatic heterocycles. The lowest BCUT2D eigenvalue weighted by Crippen LogP contribution is -2.53. The van der Waals surface area contributed by atoms with Crippen molar-refractivity contribution in [2.75, 3.05) is 40.3 Å². The number of carbonyl (C=O) groups excluding carboxylic acids is 1. The Morgan fingerprint density at radius 1 is 1.20 bits per heavy atom. The zero-order valence-corrected chi connectivity index (χ0v) is 13.0. The van der Waals surface area contributed by atoms with Crippen molar-refractivity contribution in [3.8, 4) is 0 Å². The highest BCUT2D eigenvalue weighted by atomic mass is 16.2. The first-order valence-corrected chi connectivity index (χ1v) is 8.30. The molecule has 2 aliphatic carbocycles. The van der Waals surface area contributed by atoms with E-state index in [1.807, 2.05) is 0 Å². The van der Waals surface area contributed by atoms with Crippen molar-refractivity contribution in [2.45, 2.75) is 38.1 Å². The first-order valence-electron chi connectivity index (χ1n) is 8.30. The summed E-state index contributed by atoms with van der Waals surface area (Å²) in [5.41, 5.74) is 0. The van der Waals surface area contributed by atoms with Gasteiger partial charge in [-0.1, -0.05) is 0 Å². The fourth-order valence-electron chi connectivity index (χ4n) is 3.42. The normalized spacial score (nSPS) is 31.6. The summed E-state index contributed by atoms with van der Waals surface area (Å²) in [6.45, 7) is 4.55. The van der Waals surface area contributed by atoms with E-state index in [9.17, 15) is 4.79 Å². The van der Waals surface area contributed by atoms with E-state index >= 15 is 0 Å². The van der Waals surface area contributed by atoms with Crippen LogP contribution in [0.3, 0.4) is 0 Å². The van der Waals surface area contributed by atoms with Crippen LogP contribution in [0.2, 0.25) is 0 Å². The molecule has 114 valence electrons. The number of nitrogens with zero attached hydrogens (tertiary/aromatic N) is 2. The average molecular weight is 279 g/mol. The molecule has 0 unspecified atom stereocenters. The number of rotatable bonds is 6. The van der Waals surface area contributed by atoms with E-state index in [-0.39, 0.29) is 0 Å². The third-order valence-corrected chi connectivity index (χ3v) is 5.17.